The van der Waals surface area contributed by atoms with Crippen LogP contribution < -0.4 is 0 Å². The minimum atomic E-state index is 0.124. The van der Waals surface area contributed by atoms with Crippen molar-refractivity contribution in [1.82, 2.24) is 0 Å². The predicted molar refractivity (Wildman–Crippen MR) is 78.7 cm³/mol. The van der Waals surface area contributed by atoms with Crippen LogP contribution in [0.3, 0.4) is 0 Å². The van der Waals surface area contributed by atoms with Crippen LogP contribution in [-0.4, -0.2) is 19.2 Å². The predicted octanol–water partition coefficient (Wildman–Crippen LogP) is 3.61. The molecule has 3 aliphatic rings. The van der Waals surface area contributed by atoms with Crippen molar-refractivity contribution in [3.8, 4) is 5.75 Å². The Morgan fingerprint density at radius 3 is 3.05 bits per heavy atom. The molecule has 2 heteroatoms. The highest BCUT2D eigenvalue weighted by molar-refractivity contribution is 5.40. The Labute approximate surface area is 123 Å². The zero-order valence-electron chi connectivity index (χ0n) is 14.1. The van der Waals surface area contributed by atoms with Crippen molar-refractivity contribution in [2.24, 2.45) is 17.3 Å². The second kappa shape index (κ2) is 4.24. The zero-order chi connectivity index (χ0) is 15.3. The smallest absolute Gasteiger partial charge is 0.293 e. The number of aromatic hydroxyl groups is 1. The van der Waals surface area contributed by atoms with E-state index in [1.165, 1.54) is 36.8 Å². The Kier molecular flexibility index (Phi) is 2.26. The lowest BCUT2D eigenvalue weighted by Gasteiger charge is -2.50. The van der Waals surface area contributed by atoms with Gasteiger partial charge in [-0.3, -0.25) is 0 Å². The number of aryl methyl sites for hydroxylation is 1. The first kappa shape index (κ1) is 10.7. The second-order valence-corrected chi connectivity index (χ2v) is 7.39. The fourth-order valence-corrected chi connectivity index (χ4v) is 5.51. The Morgan fingerprint density at radius 2 is 2.20 bits per heavy atom. The number of rotatable bonds is 2. The van der Waals surface area contributed by atoms with Gasteiger partial charge in [0.15, 0.2) is 0 Å². The van der Waals surface area contributed by atoms with Gasteiger partial charge in [-0.2, -0.15) is 0 Å². The summed E-state index contributed by atoms with van der Waals surface area (Å²) in [6, 6.07) is 6.18. The lowest BCUT2D eigenvalue weighted by molar-refractivity contribution is -0.0226. The first-order chi connectivity index (χ1) is 10.7. The molecule has 2 fully saturated rings. The first-order valence-corrected chi connectivity index (χ1v) is 8.05. The van der Waals surface area contributed by atoms with Crippen LogP contribution in [0.4, 0.5) is 0 Å². The van der Waals surface area contributed by atoms with Gasteiger partial charge in [0.05, 0.1) is 6.10 Å². The third kappa shape index (κ3) is 1.60. The molecule has 0 aromatic heterocycles. The molecule has 2 nitrogen and oxygen atoms in total. The van der Waals surface area contributed by atoms with Gasteiger partial charge in [-0.15, -0.1) is 0 Å². The molecule has 0 bridgehead atoms. The van der Waals surface area contributed by atoms with E-state index in [0.29, 0.717) is 17.6 Å². The number of hydrogen-bond acceptors (Lipinski definition) is 2. The van der Waals surface area contributed by atoms with E-state index in [4.69, 9.17) is 7.97 Å². The summed E-state index contributed by atoms with van der Waals surface area (Å²) < 4.78 is 14.5. The molecular weight excluding hydrogens is 248 g/mol. The van der Waals surface area contributed by atoms with Crippen LogP contribution in [0.5, 0.6) is 5.75 Å². The van der Waals surface area contributed by atoms with Crippen LogP contribution in [0, 0.1) is 17.3 Å². The summed E-state index contributed by atoms with van der Waals surface area (Å²) in [5.74, 6) is 2.73. The summed E-state index contributed by atoms with van der Waals surface area (Å²) in [4.78, 5) is 0. The molecule has 1 aromatic carbocycles. The summed E-state index contributed by atoms with van der Waals surface area (Å²) in [7, 11) is 0. The van der Waals surface area contributed by atoms with Crippen molar-refractivity contribution < 1.29 is 10.2 Å². The highest BCUT2D eigenvalue weighted by Crippen LogP contribution is 2.60. The molecule has 0 saturated heterocycles. The van der Waals surface area contributed by atoms with E-state index in [9.17, 15) is 0 Å². The topological polar surface area (TPSA) is 40.5 Å². The largest absolute Gasteiger partial charge is 0.508 e. The molecule has 0 unspecified atom stereocenters. The summed E-state index contributed by atoms with van der Waals surface area (Å²) in [5.41, 5.74) is 3.06. The summed E-state index contributed by atoms with van der Waals surface area (Å²) >= 11 is 0. The van der Waals surface area contributed by atoms with E-state index in [-0.39, 0.29) is 11.5 Å². The van der Waals surface area contributed by atoms with E-state index in [0.717, 1.165) is 18.8 Å². The quantitative estimate of drug-likeness (QED) is 0.865. The van der Waals surface area contributed by atoms with Crippen LogP contribution in [0.25, 0.3) is 0 Å². The SMILES string of the molecule is [2H]Oc1ccc2c(c1)CC[C@@H]1[C@@H]2CC[C@]2(C)[C@@H](O[2H])CC[C@@H]12. The average Bonchev–Trinajstić information content (AvgIpc) is 2.90. The molecule has 4 rings (SSSR count). The van der Waals surface area contributed by atoms with Crippen LogP contribution in [0.2, 0.25) is 0 Å². The molecule has 1 aromatic rings. The summed E-state index contributed by atoms with van der Waals surface area (Å²) in [6.45, 7) is 2.35. The van der Waals surface area contributed by atoms with E-state index < -0.39 is 0 Å². The Morgan fingerprint density at radius 1 is 1.25 bits per heavy atom. The van der Waals surface area contributed by atoms with Crippen LogP contribution >= 0.6 is 0 Å². The lowest BCUT2D eigenvalue weighted by atomic mass is 9.55. The number of hydrogen-bond donors (Lipinski definition) is 2. The Balaban J connectivity index is 1.66. The molecule has 108 valence electrons. The van der Waals surface area contributed by atoms with Crippen molar-refractivity contribution in [1.29, 1.82) is 2.86 Å². The minimum Gasteiger partial charge on any atom is -0.508 e. The zero-order valence-corrected chi connectivity index (χ0v) is 12.1. The van der Waals surface area contributed by atoms with Gasteiger partial charge in [0, 0.05) is 0 Å². The number of aliphatic hydroxyl groups is 1. The number of benzene rings is 1. The Bertz CT molecular complexity index is 576. The molecule has 3 aliphatic carbocycles. The third-order valence-electron chi connectivity index (χ3n) is 6.61. The monoisotopic (exact) mass is 274 g/mol. The van der Waals surface area contributed by atoms with Crippen LogP contribution in [0.1, 0.15) is 56.1 Å². The minimum absolute atomic E-state index is 0.124. The van der Waals surface area contributed by atoms with E-state index in [1.54, 1.807) is 0 Å². The summed E-state index contributed by atoms with van der Waals surface area (Å²) in [5, 5.41) is 9.72. The molecule has 0 heterocycles. The third-order valence-corrected chi connectivity index (χ3v) is 6.61. The van der Waals surface area contributed by atoms with Gasteiger partial charge < -0.3 is 10.2 Å². The second-order valence-electron chi connectivity index (χ2n) is 7.39. The molecule has 5 atom stereocenters. The fourth-order valence-electron chi connectivity index (χ4n) is 5.51. The van der Waals surface area contributed by atoms with Crippen molar-refractivity contribution in [2.75, 3.05) is 0 Å². The normalized spacial score (nSPS) is 43.9. The Hall–Kier alpha value is -1.02. The molecule has 0 radical (unpaired) electrons. The molecular formula is C18H24O2. The van der Waals surface area contributed by atoms with Gasteiger partial charge in [-0.25, -0.2) is 0 Å². The molecule has 2 N–H and O–H groups in total. The maximum Gasteiger partial charge on any atom is 0.293 e. The molecule has 0 amide bonds. The van der Waals surface area contributed by atoms with Crippen molar-refractivity contribution >= 4 is 0 Å². The highest BCUT2D eigenvalue weighted by Gasteiger charge is 2.54. The maximum absolute atomic E-state index is 7.41. The van der Waals surface area contributed by atoms with Gasteiger partial charge in [0.2, 0.25) is 1.43 Å². The number of phenols is 1. The van der Waals surface area contributed by atoms with Crippen molar-refractivity contribution in [3.63, 3.8) is 0 Å². The highest BCUT2D eigenvalue weighted by atomic mass is 16.3. The van der Waals surface area contributed by atoms with E-state index in [2.05, 4.69) is 24.2 Å². The van der Waals surface area contributed by atoms with Crippen molar-refractivity contribution in [3.05, 3.63) is 29.3 Å². The number of aliphatic hydroxyl groups excluding tert-OH is 1. The molecule has 0 spiro atoms. The van der Waals surface area contributed by atoms with Gasteiger partial charge in [0.1, 0.15) is 5.75 Å². The van der Waals surface area contributed by atoms with E-state index >= 15 is 0 Å². The number of fused-ring (bicyclic) bond motifs is 5. The van der Waals surface area contributed by atoms with Gasteiger partial charge in [0.25, 0.3) is 1.43 Å². The van der Waals surface area contributed by atoms with Gasteiger partial charge in [-0.1, -0.05) is 13.0 Å². The lowest BCUT2D eigenvalue weighted by Crippen LogP contribution is -2.43. The molecule has 20 heavy (non-hydrogen) atoms. The molecule has 0 aliphatic heterocycles. The van der Waals surface area contributed by atoms with Crippen LogP contribution in [0.15, 0.2) is 18.2 Å². The van der Waals surface area contributed by atoms with Crippen molar-refractivity contribution in [2.45, 2.75) is 57.5 Å². The first-order valence-electron chi connectivity index (χ1n) is 8.87. The number of phenolic OH excluding ortho intramolecular Hbond substituents is 1. The average molecular weight is 274 g/mol. The van der Waals surface area contributed by atoms with Gasteiger partial charge >= 0.3 is 0 Å². The standard InChI is InChI=1S/C18H24O2/c1-18-9-8-14-13-5-3-12(19)10-11(13)2-4-15(14)16(18)6-7-17(18)20/h3,5,10,14-17,19-20H,2,4,6-9H2,1H3/t14-,15-,16+,17+,18+/m1/s1/i20D/hD. The molecule has 2 saturated carbocycles. The van der Waals surface area contributed by atoms with E-state index in [1.807, 2.05) is 6.07 Å². The fraction of sp³-hybridized carbons (Fsp3) is 0.667. The van der Waals surface area contributed by atoms with Gasteiger partial charge in [-0.05, 0) is 85.0 Å². The maximum atomic E-state index is 7.41. The summed E-state index contributed by atoms with van der Waals surface area (Å²) in [6.07, 6.45) is 7.07. The van der Waals surface area contributed by atoms with Crippen LogP contribution in [-0.2, 0) is 6.42 Å².